The largest absolute Gasteiger partial charge is 0.311 e. The van der Waals surface area contributed by atoms with Crippen molar-refractivity contribution >= 4 is 11.6 Å². The van der Waals surface area contributed by atoms with Crippen molar-refractivity contribution in [2.24, 2.45) is 0 Å². The molecule has 3 heteroatoms. The zero-order valence-corrected chi connectivity index (χ0v) is 9.85. The van der Waals surface area contributed by atoms with Gasteiger partial charge >= 0.3 is 0 Å². The SMILES string of the molecule is CCC1(Cc2ccncc2Cl)CCCN1. The fourth-order valence-corrected chi connectivity index (χ4v) is 2.54. The Hall–Kier alpha value is -0.600. The van der Waals surface area contributed by atoms with Gasteiger partial charge in [0.15, 0.2) is 0 Å². The summed E-state index contributed by atoms with van der Waals surface area (Å²) in [4.78, 5) is 4.02. The molecule has 1 aromatic heterocycles. The molecule has 2 rings (SSSR count). The van der Waals surface area contributed by atoms with Crippen molar-refractivity contribution in [2.45, 2.75) is 38.1 Å². The van der Waals surface area contributed by atoms with Crippen molar-refractivity contribution < 1.29 is 0 Å². The summed E-state index contributed by atoms with van der Waals surface area (Å²) in [5.74, 6) is 0. The van der Waals surface area contributed by atoms with E-state index in [1.54, 1.807) is 6.20 Å². The van der Waals surface area contributed by atoms with Crippen molar-refractivity contribution in [1.82, 2.24) is 10.3 Å². The molecular formula is C12H17ClN2. The summed E-state index contributed by atoms with van der Waals surface area (Å²) in [6.45, 7) is 3.38. The molecule has 1 fully saturated rings. The number of nitrogens with zero attached hydrogens (tertiary/aromatic N) is 1. The number of rotatable bonds is 3. The maximum absolute atomic E-state index is 6.13. The average molecular weight is 225 g/mol. The number of nitrogens with one attached hydrogen (secondary N) is 1. The van der Waals surface area contributed by atoms with Crippen LogP contribution in [-0.4, -0.2) is 17.1 Å². The minimum atomic E-state index is 0.269. The first-order valence-corrected chi connectivity index (χ1v) is 5.97. The quantitative estimate of drug-likeness (QED) is 0.854. The maximum atomic E-state index is 6.13. The normalized spacial score (nSPS) is 25.7. The number of aromatic nitrogens is 1. The van der Waals surface area contributed by atoms with E-state index in [-0.39, 0.29) is 5.54 Å². The molecule has 1 N–H and O–H groups in total. The summed E-state index contributed by atoms with van der Waals surface area (Å²) in [6.07, 6.45) is 8.25. The number of pyridine rings is 1. The summed E-state index contributed by atoms with van der Waals surface area (Å²) < 4.78 is 0. The van der Waals surface area contributed by atoms with E-state index in [9.17, 15) is 0 Å². The van der Waals surface area contributed by atoms with Gasteiger partial charge in [0, 0.05) is 17.9 Å². The molecule has 82 valence electrons. The molecule has 1 aliphatic heterocycles. The molecule has 2 nitrogen and oxygen atoms in total. The van der Waals surface area contributed by atoms with Crippen LogP contribution in [0.5, 0.6) is 0 Å². The molecule has 0 spiro atoms. The molecule has 0 aromatic carbocycles. The molecule has 2 heterocycles. The van der Waals surface area contributed by atoms with Gasteiger partial charge in [0.2, 0.25) is 0 Å². The maximum Gasteiger partial charge on any atom is 0.0621 e. The Balaban J connectivity index is 2.16. The fourth-order valence-electron chi connectivity index (χ4n) is 2.36. The van der Waals surface area contributed by atoms with Crippen LogP contribution in [0.3, 0.4) is 0 Å². The molecule has 15 heavy (non-hydrogen) atoms. The lowest BCUT2D eigenvalue weighted by molar-refractivity contribution is 0.360. The monoisotopic (exact) mass is 224 g/mol. The van der Waals surface area contributed by atoms with Gasteiger partial charge in [0.05, 0.1) is 5.02 Å². The van der Waals surface area contributed by atoms with E-state index in [1.165, 1.54) is 18.4 Å². The minimum Gasteiger partial charge on any atom is -0.311 e. The van der Waals surface area contributed by atoms with Crippen LogP contribution in [0, 0.1) is 0 Å². The molecular weight excluding hydrogens is 208 g/mol. The van der Waals surface area contributed by atoms with Gasteiger partial charge in [-0.25, -0.2) is 0 Å². The van der Waals surface area contributed by atoms with E-state index in [0.29, 0.717) is 0 Å². The third kappa shape index (κ3) is 2.32. The summed E-state index contributed by atoms with van der Waals surface area (Å²) >= 11 is 6.13. The predicted molar refractivity (Wildman–Crippen MR) is 63.2 cm³/mol. The molecule has 1 atom stereocenters. The van der Waals surface area contributed by atoms with Gasteiger partial charge in [-0.05, 0) is 43.9 Å². The minimum absolute atomic E-state index is 0.269. The van der Waals surface area contributed by atoms with Gasteiger partial charge in [-0.3, -0.25) is 4.98 Å². The summed E-state index contributed by atoms with van der Waals surface area (Å²) in [7, 11) is 0. The van der Waals surface area contributed by atoms with Crippen LogP contribution in [0.25, 0.3) is 0 Å². The first-order valence-electron chi connectivity index (χ1n) is 5.59. The highest BCUT2D eigenvalue weighted by atomic mass is 35.5. The Morgan fingerprint density at radius 2 is 2.47 bits per heavy atom. The zero-order chi connectivity index (χ0) is 10.7. The van der Waals surface area contributed by atoms with Gasteiger partial charge < -0.3 is 5.32 Å². The molecule has 0 aliphatic carbocycles. The Bertz CT molecular complexity index is 332. The number of hydrogen-bond donors (Lipinski definition) is 1. The van der Waals surface area contributed by atoms with Crippen molar-refractivity contribution in [1.29, 1.82) is 0 Å². The highest BCUT2D eigenvalue weighted by molar-refractivity contribution is 6.31. The summed E-state index contributed by atoms with van der Waals surface area (Å²) in [5, 5.41) is 4.41. The smallest absolute Gasteiger partial charge is 0.0621 e. The molecule has 1 unspecified atom stereocenters. The highest BCUT2D eigenvalue weighted by Crippen LogP contribution is 2.29. The molecule has 0 radical (unpaired) electrons. The van der Waals surface area contributed by atoms with Gasteiger partial charge in [0.25, 0.3) is 0 Å². The van der Waals surface area contributed by atoms with Gasteiger partial charge in [-0.1, -0.05) is 18.5 Å². The van der Waals surface area contributed by atoms with E-state index >= 15 is 0 Å². The van der Waals surface area contributed by atoms with Crippen LogP contribution in [-0.2, 0) is 6.42 Å². The van der Waals surface area contributed by atoms with Crippen LogP contribution < -0.4 is 5.32 Å². The third-order valence-electron chi connectivity index (χ3n) is 3.39. The van der Waals surface area contributed by atoms with Crippen LogP contribution >= 0.6 is 11.6 Å². The third-order valence-corrected chi connectivity index (χ3v) is 3.73. The van der Waals surface area contributed by atoms with E-state index in [0.717, 1.165) is 24.4 Å². The van der Waals surface area contributed by atoms with E-state index in [1.807, 2.05) is 12.3 Å². The van der Waals surface area contributed by atoms with Gasteiger partial charge in [-0.15, -0.1) is 0 Å². The Morgan fingerprint density at radius 3 is 3.07 bits per heavy atom. The first-order chi connectivity index (χ1) is 7.26. The standard InChI is InChI=1S/C12H17ClN2/c1-2-12(5-3-6-15-12)8-10-4-7-14-9-11(10)13/h4,7,9,15H,2-3,5-6,8H2,1H3. The number of halogens is 1. The lowest BCUT2D eigenvalue weighted by Gasteiger charge is -2.28. The van der Waals surface area contributed by atoms with Crippen molar-refractivity contribution in [3.05, 3.63) is 29.0 Å². The fraction of sp³-hybridized carbons (Fsp3) is 0.583. The van der Waals surface area contributed by atoms with E-state index < -0.39 is 0 Å². The van der Waals surface area contributed by atoms with E-state index in [2.05, 4.69) is 17.2 Å². The predicted octanol–water partition coefficient (Wildman–Crippen LogP) is 2.81. The topological polar surface area (TPSA) is 24.9 Å². The average Bonchev–Trinajstić information content (AvgIpc) is 2.71. The number of hydrogen-bond acceptors (Lipinski definition) is 2. The van der Waals surface area contributed by atoms with E-state index in [4.69, 9.17) is 11.6 Å². The molecule has 0 saturated carbocycles. The highest BCUT2D eigenvalue weighted by Gasteiger charge is 2.31. The second-order valence-electron chi connectivity index (χ2n) is 4.31. The second-order valence-corrected chi connectivity index (χ2v) is 4.72. The molecule has 0 amide bonds. The summed E-state index contributed by atoms with van der Waals surface area (Å²) in [6, 6.07) is 2.03. The van der Waals surface area contributed by atoms with Gasteiger partial charge in [0.1, 0.15) is 0 Å². The molecule has 0 bridgehead atoms. The molecule has 1 aromatic rings. The van der Waals surface area contributed by atoms with Crippen LogP contribution in [0.15, 0.2) is 18.5 Å². The van der Waals surface area contributed by atoms with Gasteiger partial charge in [-0.2, -0.15) is 0 Å². The lowest BCUT2D eigenvalue weighted by Crippen LogP contribution is -2.41. The zero-order valence-electron chi connectivity index (χ0n) is 9.09. The molecule has 1 saturated heterocycles. The van der Waals surface area contributed by atoms with Crippen molar-refractivity contribution in [2.75, 3.05) is 6.54 Å². The lowest BCUT2D eigenvalue weighted by atomic mass is 9.87. The Kier molecular flexibility index (Phi) is 3.27. The van der Waals surface area contributed by atoms with Crippen LogP contribution in [0.2, 0.25) is 5.02 Å². The van der Waals surface area contributed by atoms with Crippen molar-refractivity contribution in [3.8, 4) is 0 Å². The Morgan fingerprint density at radius 1 is 1.60 bits per heavy atom. The van der Waals surface area contributed by atoms with Crippen LogP contribution in [0.4, 0.5) is 0 Å². The first kappa shape index (κ1) is 10.9. The summed E-state index contributed by atoms with van der Waals surface area (Å²) in [5.41, 5.74) is 1.48. The van der Waals surface area contributed by atoms with Crippen LogP contribution in [0.1, 0.15) is 31.7 Å². The second kappa shape index (κ2) is 4.50. The molecule has 1 aliphatic rings. The Labute approximate surface area is 96.1 Å². The van der Waals surface area contributed by atoms with Crippen molar-refractivity contribution in [3.63, 3.8) is 0 Å².